The van der Waals surface area contributed by atoms with Crippen LogP contribution in [0.1, 0.15) is 39.9 Å². The summed E-state index contributed by atoms with van der Waals surface area (Å²) in [5, 5.41) is 6.80. The number of nitrogens with zero attached hydrogens (tertiary/aromatic N) is 5. The van der Waals surface area contributed by atoms with Crippen molar-refractivity contribution in [2.45, 2.75) is 31.6 Å². The minimum Gasteiger partial charge on any atom is -0.328 e. The molecular weight excluding hydrogens is 388 g/mol. The zero-order valence-electron chi connectivity index (χ0n) is 16.0. The number of aromatic nitrogens is 4. The molecule has 5 rings (SSSR count). The maximum Gasteiger partial charge on any atom is 0.264 e. The highest BCUT2D eigenvalue weighted by Crippen LogP contribution is 2.54. The van der Waals surface area contributed by atoms with E-state index in [1.807, 2.05) is 0 Å². The van der Waals surface area contributed by atoms with Gasteiger partial charge in [0.05, 0.1) is 17.3 Å². The zero-order chi connectivity index (χ0) is 20.0. The first-order valence-corrected chi connectivity index (χ1v) is 10.4. The summed E-state index contributed by atoms with van der Waals surface area (Å²) in [4.78, 5) is 37.5. The molecule has 3 aromatic rings. The summed E-state index contributed by atoms with van der Waals surface area (Å²) >= 11 is 1.56. The Labute approximate surface area is 171 Å². The summed E-state index contributed by atoms with van der Waals surface area (Å²) in [6.07, 6.45) is 9.70. The molecule has 1 spiro atoms. The average Bonchev–Trinajstić information content (AvgIpc) is 3.13. The normalized spacial score (nSPS) is 16.7. The highest BCUT2D eigenvalue weighted by Gasteiger charge is 2.52. The second-order valence-electron chi connectivity index (χ2n) is 7.51. The van der Waals surface area contributed by atoms with Crippen LogP contribution in [-0.4, -0.2) is 49.6 Å². The zero-order valence-corrected chi connectivity index (χ0v) is 16.8. The second kappa shape index (κ2) is 6.77. The van der Waals surface area contributed by atoms with E-state index >= 15 is 0 Å². The minimum absolute atomic E-state index is 0.00362. The van der Waals surface area contributed by atoms with E-state index in [2.05, 4.69) is 33.4 Å². The van der Waals surface area contributed by atoms with Crippen molar-refractivity contribution in [3.8, 4) is 5.69 Å². The Morgan fingerprint density at radius 2 is 2.10 bits per heavy atom. The molecule has 1 aliphatic carbocycles. The van der Waals surface area contributed by atoms with Gasteiger partial charge in [-0.3, -0.25) is 14.9 Å². The van der Waals surface area contributed by atoms with Crippen LogP contribution in [0.5, 0.6) is 0 Å². The number of amides is 2. The van der Waals surface area contributed by atoms with Gasteiger partial charge in [-0.15, -0.1) is 11.3 Å². The first kappa shape index (κ1) is 18.0. The second-order valence-corrected chi connectivity index (χ2v) is 8.65. The van der Waals surface area contributed by atoms with E-state index in [9.17, 15) is 9.59 Å². The predicted octanol–water partition coefficient (Wildman–Crippen LogP) is 2.41. The van der Waals surface area contributed by atoms with Crippen molar-refractivity contribution in [1.29, 1.82) is 0 Å². The summed E-state index contributed by atoms with van der Waals surface area (Å²) in [5.74, 6) is -0.134. The smallest absolute Gasteiger partial charge is 0.264 e. The van der Waals surface area contributed by atoms with Crippen molar-refractivity contribution in [2.75, 3.05) is 18.4 Å². The van der Waals surface area contributed by atoms with Crippen molar-refractivity contribution in [3.05, 3.63) is 52.2 Å². The van der Waals surface area contributed by atoms with Crippen LogP contribution in [0, 0.1) is 0 Å². The van der Waals surface area contributed by atoms with E-state index in [0.29, 0.717) is 12.2 Å². The third kappa shape index (κ3) is 3.21. The van der Waals surface area contributed by atoms with Crippen LogP contribution in [0.15, 0.2) is 36.9 Å². The minimum atomic E-state index is -0.295. The van der Waals surface area contributed by atoms with Crippen LogP contribution >= 0.6 is 11.3 Å². The number of carbonyl (C=O) groups excluding carboxylic acids is 2. The summed E-state index contributed by atoms with van der Waals surface area (Å²) in [6, 6.07) is 4.00. The number of hydrogen-bond acceptors (Lipinski definition) is 6. The first-order valence-electron chi connectivity index (χ1n) is 9.62. The number of rotatable bonds is 5. The lowest BCUT2D eigenvalue weighted by Crippen LogP contribution is -2.46. The largest absolute Gasteiger partial charge is 0.328 e. The average molecular weight is 408 g/mol. The van der Waals surface area contributed by atoms with Crippen molar-refractivity contribution in [2.24, 2.45) is 0 Å². The molecule has 1 aliphatic heterocycles. The van der Waals surface area contributed by atoms with E-state index in [0.717, 1.165) is 24.1 Å². The third-order valence-corrected chi connectivity index (χ3v) is 6.79. The van der Waals surface area contributed by atoms with Crippen LogP contribution in [0.25, 0.3) is 5.69 Å². The molecule has 9 heteroatoms. The van der Waals surface area contributed by atoms with E-state index in [1.165, 1.54) is 10.4 Å². The number of thiophene rings is 1. The molecule has 0 bridgehead atoms. The highest BCUT2D eigenvalue weighted by molar-refractivity contribution is 7.14. The van der Waals surface area contributed by atoms with Gasteiger partial charge in [-0.25, -0.2) is 14.6 Å². The fraction of sp³-hybridized carbons (Fsp3) is 0.350. The molecule has 0 saturated heterocycles. The van der Waals surface area contributed by atoms with Gasteiger partial charge < -0.3 is 4.90 Å². The lowest BCUT2D eigenvalue weighted by molar-refractivity contribution is -0.117. The van der Waals surface area contributed by atoms with Crippen molar-refractivity contribution >= 4 is 29.1 Å². The fourth-order valence-corrected chi connectivity index (χ4v) is 4.99. The molecule has 3 aromatic heterocycles. The predicted molar refractivity (Wildman–Crippen MR) is 108 cm³/mol. The third-order valence-electron chi connectivity index (χ3n) is 5.52. The van der Waals surface area contributed by atoms with Crippen LogP contribution in [0.4, 0.5) is 5.95 Å². The van der Waals surface area contributed by atoms with Crippen LogP contribution in [0.3, 0.4) is 0 Å². The summed E-state index contributed by atoms with van der Waals surface area (Å²) < 4.78 is 1.64. The van der Waals surface area contributed by atoms with E-state index in [1.54, 1.807) is 51.8 Å². The molecule has 2 aliphatic rings. The summed E-state index contributed by atoms with van der Waals surface area (Å²) in [7, 11) is 0. The molecule has 8 nitrogen and oxygen atoms in total. The fourth-order valence-electron chi connectivity index (χ4n) is 3.80. The van der Waals surface area contributed by atoms with Gasteiger partial charge in [-0.1, -0.05) is 6.92 Å². The molecule has 0 unspecified atom stereocenters. The molecule has 1 saturated carbocycles. The van der Waals surface area contributed by atoms with Gasteiger partial charge in [-0.2, -0.15) is 5.10 Å². The quantitative estimate of drug-likeness (QED) is 0.700. The lowest BCUT2D eigenvalue weighted by atomic mass is 9.91. The van der Waals surface area contributed by atoms with Gasteiger partial charge in [-0.05, 0) is 37.0 Å². The highest BCUT2D eigenvalue weighted by atomic mass is 32.1. The van der Waals surface area contributed by atoms with Gasteiger partial charge in [0.15, 0.2) is 0 Å². The molecule has 148 valence electrons. The Bertz CT molecular complexity index is 1070. The molecule has 1 N–H and O–H groups in total. The molecule has 0 aromatic carbocycles. The molecular formula is C20H20N6O2S. The molecule has 1 fully saturated rings. The molecule has 2 amide bonds. The van der Waals surface area contributed by atoms with Gasteiger partial charge >= 0.3 is 0 Å². The Morgan fingerprint density at radius 3 is 2.76 bits per heavy atom. The maximum absolute atomic E-state index is 12.9. The van der Waals surface area contributed by atoms with E-state index in [4.69, 9.17) is 0 Å². The van der Waals surface area contributed by atoms with Gasteiger partial charge in [0.25, 0.3) is 5.91 Å². The SMILES string of the molecule is CCc1cc2c(s1)C(=O)N(CC(=O)Nc1ncc(-n3cccn3)cn1)CC21CC1. The van der Waals surface area contributed by atoms with Crippen molar-refractivity contribution in [1.82, 2.24) is 24.6 Å². The Kier molecular flexibility index (Phi) is 4.20. The molecule has 0 atom stereocenters. The van der Waals surface area contributed by atoms with Crippen LogP contribution < -0.4 is 5.32 Å². The van der Waals surface area contributed by atoms with E-state index < -0.39 is 0 Å². The molecule has 4 heterocycles. The van der Waals surface area contributed by atoms with Crippen molar-refractivity contribution in [3.63, 3.8) is 0 Å². The number of aryl methyl sites for hydroxylation is 1. The number of nitrogens with one attached hydrogen (secondary N) is 1. The van der Waals surface area contributed by atoms with Crippen LogP contribution in [0.2, 0.25) is 0 Å². The van der Waals surface area contributed by atoms with Crippen LogP contribution in [-0.2, 0) is 16.6 Å². The van der Waals surface area contributed by atoms with Crippen molar-refractivity contribution < 1.29 is 9.59 Å². The van der Waals surface area contributed by atoms with Gasteiger partial charge in [0.1, 0.15) is 12.2 Å². The lowest BCUT2D eigenvalue weighted by Gasteiger charge is -2.32. The Morgan fingerprint density at radius 1 is 1.31 bits per heavy atom. The van der Waals surface area contributed by atoms with Gasteiger partial charge in [0.2, 0.25) is 11.9 Å². The maximum atomic E-state index is 12.9. The molecule has 29 heavy (non-hydrogen) atoms. The summed E-state index contributed by atoms with van der Waals surface area (Å²) in [6.45, 7) is 2.71. The number of anilines is 1. The molecule has 0 radical (unpaired) electrons. The Balaban J connectivity index is 1.28. The first-order chi connectivity index (χ1) is 14.1. The Hall–Kier alpha value is -3.07. The topological polar surface area (TPSA) is 93.0 Å². The monoisotopic (exact) mass is 408 g/mol. The number of hydrogen-bond donors (Lipinski definition) is 1. The number of fused-ring (bicyclic) bond motifs is 2. The van der Waals surface area contributed by atoms with Gasteiger partial charge in [0, 0.05) is 29.2 Å². The summed E-state index contributed by atoms with van der Waals surface area (Å²) in [5.41, 5.74) is 1.94. The standard InChI is InChI=1S/C20H20N6O2S/c1-2-14-8-15-17(29-14)18(28)25(12-20(15)4-5-20)11-16(27)24-19-21-9-13(10-22-19)26-7-3-6-23-26/h3,6-10H,2,4-5,11-12H2,1H3,(H,21,22,24,27). The number of carbonyl (C=O) groups is 2. The van der Waals surface area contributed by atoms with E-state index in [-0.39, 0.29) is 29.7 Å².